The average molecular weight is 354 g/mol. The van der Waals surface area contributed by atoms with Crippen LogP contribution >= 0.6 is 12.4 Å². The molecule has 0 aliphatic carbocycles. The summed E-state index contributed by atoms with van der Waals surface area (Å²) in [5.41, 5.74) is 5.99. The first-order valence-corrected chi connectivity index (χ1v) is 7.83. The summed E-state index contributed by atoms with van der Waals surface area (Å²) in [4.78, 5) is 24.3. The fraction of sp³-hybridized carbons (Fsp3) is 0.500. The first kappa shape index (κ1) is 20.1. The van der Waals surface area contributed by atoms with Crippen molar-refractivity contribution in [1.29, 1.82) is 0 Å². The molecule has 0 bridgehead atoms. The molecule has 0 spiro atoms. The topological polar surface area (TPSA) is 103 Å². The quantitative estimate of drug-likeness (QED) is 0.775. The number of hydrogen-bond donors (Lipinski definition) is 2. The molecule has 0 saturated heterocycles. The number of nitrogens with one attached hydrogen (secondary N) is 1. The summed E-state index contributed by atoms with van der Waals surface area (Å²) in [6.45, 7) is 4.76. The third-order valence-electron chi connectivity index (χ3n) is 3.59. The number of benzene rings is 1. The Morgan fingerprint density at radius 2 is 2.04 bits per heavy atom. The summed E-state index contributed by atoms with van der Waals surface area (Å²) in [6.07, 6.45) is 0.999. The lowest BCUT2D eigenvalue weighted by Crippen LogP contribution is -2.41. The molecule has 2 aromatic rings. The van der Waals surface area contributed by atoms with E-state index >= 15 is 0 Å². The molecule has 0 aliphatic rings. The second kappa shape index (κ2) is 9.34. The molecule has 0 fully saturated rings. The molecule has 0 radical (unpaired) electrons. The summed E-state index contributed by atoms with van der Waals surface area (Å²) in [7, 11) is 0. The van der Waals surface area contributed by atoms with Crippen LogP contribution in [0.15, 0.2) is 29.1 Å². The second-order valence-electron chi connectivity index (χ2n) is 6.01. The minimum Gasteiger partial charge on any atom is -0.352 e. The van der Waals surface area contributed by atoms with E-state index in [1.54, 1.807) is 24.3 Å². The Hall–Kier alpha value is -1.99. The molecule has 0 saturated carbocycles. The predicted molar refractivity (Wildman–Crippen MR) is 96.1 cm³/mol. The zero-order chi connectivity index (χ0) is 16.8. The van der Waals surface area contributed by atoms with Crippen LogP contribution in [0, 0.1) is 5.92 Å². The van der Waals surface area contributed by atoms with E-state index in [4.69, 9.17) is 5.73 Å². The van der Waals surface area contributed by atoms with E-state index in [2.05, 4.69) is 29.5 Å². The van der Waals surface area contributed by atoms with Gasteiger partial charge in [0.05, 0.1) is 11.9 Å². The van der Waals surface area contributed by atoms with E-state index in [0.717, 1.165) is 6.42 Å². The van der Waals surface area contributed by atoms with Crippen molar-refractivity contribution < 1.29 is 4.79 Å². The minimum atomic E-state index is -0.235. The molecular formula is C16H24ClN5O2. The van der Waals surface area contributed by atoms with Gasteiger partial charge in [0.2, 0.25) is 5.91 Å². The van der Waals surface area contributed by atoms with Crippen LogP contribution in [0.2, 0.25) is 0 Å². The lowest BCUT2D eigenvalue weighted by Gasteiger charge is -2.18. The largest absolute Gasteiger partial charge is 0.352 e. The summed E-state index contributed by atoms with van der Waals surface area (Å²) in [5, 5.41) is 11.3. The van der Waals surface area contributed by atoms with E-state index in [-0.39, 0.29) is 42.9 Å². The van der Waals surface area contributed by atoms with Crippen molar-refractivity contribution in [2.45, 2.75) is 39.3 Å². The van der Waals surface area contributed by atoms with Crippen molar-refractivity contribution in [3.05, 3.63) is 34.6 Å². The molecule has 1 aromatic heterocycles. The van der Waals surface area contributed by atoms with E-state index in [1.165, 1.54) is 4.68 Å². The van der Waals surface area contributed by atoms with E-state index in [0.29, 0.717) is 23.4 Å². The number of aromatic nitrogens is 3. The Bertz CT molecular complexity index is 732. The number of fused-ring (bicyclic) bond motifs is 1. The number of carbonyl (C=O) groups excluding carboxylic acids is 1. The van der Waals surface area contributed by atoms with E-state index in [9.17, 15) is 9.59 Å². The van der Waals surface area contributed by atoms with Crippen molar-refractivity contribution in [3.63, 3.8) is 0 Å². The second-order valence-corrected chi connectivity index (χ2v) is 6.01. The molecule has 8 heteroatoms. The van der Waals surface area contributed by atoms with Gasteiger partial charge >= 0.3 is 0 Å². The van der Waals surface area contributed by atoms with Crippen LogP contribution in [-0.4, -0.2) is 33.5 Å². The van der Waals surface area contributed by atoms with Gasteiger partial charge in [0, 0.05) is 19.0 Å². The molecule has 2 rings (SSSR count). The highest BCUT2D eigenvalue weighted by Gasteiger charge is 2.13. The zero-order valence-electron chi connectivity index (χ0n) is 13.9. The summed E-state index contributed by atoms with van der Waals surface area (Å²) < 4.78 is 1.22. The third-order valence-corrected chi connectivity index (χ3v) is 3.59. The number of hydrogen-bond acceptors (Lipinski definition) is 5. The maximum atomic E-state index is 12.3. The van der Waals surface area contributed by atoms with Crippen LogP contribution in [0.4, 0.5) is 0 Å². The van der Waals surface area contributed by atoms with Gasteiger partial charge in [0.1, 0.15) is 5.52 Å². The molecule has 1 heterocycles. The van der Waals surface area contributed by atoms with Crippen LogP contribution in [0.5, 0.6) is 0 Å². The van der Waals surface area contributed by atoms with E-state index < -0.39 is 0 Å². The Labute approximate surface area is 147 Å². The molecule has 3 N–H and O–H groups in total. The number of aryl methyl sites for hydroxylation is 1. The van der Waals surface area contributed by atoms with E-state index in [1.807, 2.05) is 0 Å². The van der Waals surface area contributed by atoms with Crippen LogP contribution < -0.4 is 16.6 Å². The van der Waals surface area contributed by atoms with Crippen molar-refractivity contribution in [2.75, 3.05) is 6.54 Å². The van der Waals surface area contributed by atoms with Gasteiger partial charge in [0.25, 0.3) is 5.56 Å². The number of carbonyl (C=O) groups is 1. The highest BCUT2D eigenvalue weighted by Crippen LogP contribution is 2.05. The van der Waals surface area contributed by atoms with Crippen LogP contribution in [0.1, 0.15) is 26.7 Å². The number of amides is 1. The highest BCUT2D eigenvalue weighted by atomic mass is 35.5. The fourth-order valence-corrected chi connectivity index (χ4v) is 2.46. The lowest BCUT2D eigenvalue weighted by molar-refractivity contribution is -0.122. The van der Waals surface area contributed by atoms with Crippen molar-refractivity contribution in [2.24, 2.45) is 11.7 Å². The number of nitrogens with two attached hydrogens (primary N) is 1. The monoisotopic (exact) mass is 353 g/mol. The molecule has 24 heavy (non-hydrogen) atoms. The van der Waals surface area contributed by atoms with Gasteiger partial charge in [-0.25, -0.2) is 4.68 Å². The van der Waals surface area contributed by atoms with Crippen molar-refractivity contribution in [1.82, 2.24) is 20.3 Å². The average Bonchev–Trinajstić information content (AvgIpc) is 2.53. The molecule has 7 nitrogen and oxygen atoms in total. The van der Waals surface area contributed by atoms with Gasteiger partial charge in [-0.1, -0.05) is 31.2 Å². The number of rotatable bonds is 7. The Balaban J connectivity index is 0.00000288. The van der Waals surface area contributed by atoms with Gasteiger partial charge in [0.15, 0.2) is 0 Å². The summed E-state index contributed by atoms with van der Waals surface area (Å²) in [5.74, 6) is 0.320. The first-order chi connectivity index (χ1) is 11.0. The zero-order valence-corrected chi connectivity index (χ0v) is 14.8. The van der Waals surface area contributed by atoms with Crippen LogP contribution in [-0.2, 0) is 11.3 Å². The Morgan fingerprint density at radius 3 is 2.71 bits per heavy atom. The number of halogens is 1. The number of nitrogens with zero attached hydrogens (tertiary/aromatic N) is 3. The third kappa shape index (κ3) is 5.28. The van der Waals surface area contributed by atoms with Crippen LogP contribution in [0.3, 0.4) is 0 Å². The van der Waals surface area contributed by atoms with Gasteiger partial charge in [-0.05, 0) is 24.5 Å². The lowest BCUT2D eigenvalue weighted by atomic mass is 10.0. The van der Waals surface area contributed by atoms with Gasteiger partial charge in [-0.3, -0.25) is 9.59 Å². The Kier molecular flexibility index (Phi) is 7.81. The maximum Gasteiger partial charge on any atom is 0.277 e. The predicted octanol–water partition coefficient (Wildman–Crippen LogP) is 1.09. The highest BCUT2D eigenvalue weighted by molar-refractivity contribution is 5.85. The molecule has 1 unspecified atom stereocenters. The molecule has 1 atom stereocenters. The molecule has 0 aliphatic heterocycles. The minimum absolute atomic E-state index is 0. The SMILES string of the molecule is CC(C)CC(CN)NC(=O)CCn1nnc2ccccc2c1=O.Cl. The van der Waals surface area contributed by atoms with Gasteiger partial charge in [-0.2, -0.15) is 0 Å². The normalized spacial score (nSPS) is 12.0. The first-order valence-electron chi connectivity index (χ1n) is 7.83. The molecular weight excluding hydrogens is 330 g/mol. The van der Waals surface area contributed by atoms with Gasteiger partial charge in [-0.15, -0.1) is 17.5 Å². The fourth-order valence-electron chi connectivity index (χ4n) is 2.46. The Morgan fingerprint density at radius 1 is 1.33 bits per heavy atom. The molecule has 132 valence electrons. The van der Waals surface area contributed by atoms with Gasteiger partial charge < -0.3 is 11.1 Å². The molecule has 1 amide bonds. The van der Waals surface area contributed by atoms with Crippen molar-refractivity contribution in [3.8, 4) is 0 Å². The summed E-state index contributed by atoms with van der Waals surface area (Å²) >= 11 is 0. The summed E-state index contributed by atoms with van der Waals surface area (Å²) in [6, 6.07) is 6.98. The molecule has 1 aromatic carbocycles. The standard InChI is InChI=1S/C16H23N5O2.ClH/c1-11(2)9-12(10-17)18-15(22)7-8-21-16(23)13-5-3-4-6-14(13)19-20-21;/h3-6,11-12H,7-10,17H2,1-2H3,(H,18,22);1H. The maximum absolute atomic E-state index is 12.3. The van der Waals surface area contributed by atoms with Crippen LogP contribution in [0.25, 0.3) is 10.9 Å². The van der Waals surface area contributed by atoms with Crippen molar-refractivity contribution >= 4 is 29.2 Å². The smallest absolute Gasteiger partial charge is 0.277 e.